The number of carbonyl (C=O) groups is 1. The number of para-hydroxylation sites is 2. The highest BCUT2D eigenvalue weighted by atomic mass is 16.5. The highest BCUT2D eigenvalue weighted by Gasteiger charge is 2.44. The fourth-order valence-corrected chi connectivity index (χ4v) is 5.28. The van der Waals surface area contributed by atoms with Gasteiger partial charge in [0.15, 0.2) is 0 Å². The lowest BCUT2D eigenvalue weighted by Gasteiger charge is -2.27. The molecule has 0 radical (unpaired) electrons. The van der Waals surface area contributed by atoms with Crippen molar-refractivity contribution in [2.24, 2.45) is 14.1 Å². The van der Waals surface area contributed by atoms with E-state index in [0.29, 0.717) is 50.3 Å². The average molecular weight is 452 g/mol. The zero-order chi connectivity index (χ0) is 23.3. The van der Waals surface area contributed by atoms with Gasteiger partial charge in [0.05, 0.1) is 16.6 Å². The van der Waals surface area contributed by atoms with Crippen molar-refractivity contribution in [1.82, 2.24) is 23.6 Å². The molecule has 0 N–H and O–H groups in total. The largest absolute Gasteiger partial charge is 0.471 e. The monoisotopic (exact) mass is 451 g/mol. The Morgan fingerprint density at radius 1 is 1.12 bits per heavy atom. The van der Waals surface area contributed by atoms with Gasteiger partial charge in [-0.25, -0.2) is 9.78 Å². The van der Waals surface area contributed by atoms with Crippen LogP contribution < -0.4 is 16.0 Å². The molecule has 5 rings (SSSR count). The summed E-state index contributed by atoms with van der Waals surface area (Å²) in [6.07, 6.45) is 3.06. The maximum Gasteiger partial charge on any atom is 0.333 e. The number of aromatic nitrogens is 4. The summed E-state index contributed by atoms with van der Waals surface area (Å²) in [6, 6.07) is 7.97. The Kier molecular flexibility index (Phi) is 5.14. The standard InChI is InChI=1S/C24H29N5O4/c1-16-25-18-7-4-5-8-19(18)29(16)13-9-20(30)28-12-6-10-24(11-14-28)15-17-21(31)26(2)23(32)27(3)22(17)33-24/h4-5,7-8H,6,9-15H2,1-3H3/t24-/m1/s1. The molecule has 4 heterocycles. The molecule has 9 heteroatoms. The number of fused-ring (bicyclic) bond motifs is 2. The first kappa shape index (κ1) is 21.5. The minimum absolute atomic E-state index is 0.114. The van der Waals surface area contributed by atoms with E-state index in [-0.39, 0.29) is 17.2 Å². The average Bonchev–Trinajstić information content (AvgIpc) is 3.26. The van der Waals surface area contributed by atoms with Gasteiger partial charge in [-0.2, -0.15) is 0 Å². The lowest BCUT2D eigenvalue weighted by Crippen LogP contribution is -2.38. The molecule has 1 spiro atoms. The molecule has 33 heavy (non-hydrogen) atoms. The van der Waals surface area contributed by atoms with E-state index in [2.05, 4.69) is 9.55 Å². The summed E-state index contributed by atoms with van der Waals surface area (Å²) in [5.41, 5.74) is 1.33. The number of ether oxygens (including phenoxy) is 1. The van der Waals surface area contributed by atoms with Crippen molar-refractivity contribution in [3.63, 3.8) is 0 Å². The molecule has 1 fully saturated rings. The fourth-order valence-electron chi connectivity index (χ4n) is 5.28. The van der Waals surface area contributed by atoms with Gasteiger partial charge in [-0.05, 0) is 31.9 Å². The molecule has 2 aliphatic rings. The Hall–Kier alpha value is -3.36. The first-order valence-electron chi connectivity index (χ1n) is 11.5. The summed E-state index contributed by atoms with van der Waals surface area (Å²) in [7, 11) is 3.13. The van der Waals surface area contributed by atoms with Gasteiger partial charge in [0.1, 0.15) is 11.4 Å². The van der Waals surface area contributed by atoms with Gasteiger partial charge < -0.3 is 14.2 Å². The second-order valence-corrected chi connectivity index (χ2v) is 9.24. The van der Waals surface area contributed by atoms with E-state index in [1.165, 1.54) is 11.6 Å². The first-order chi connectivity index (χ1) is 15.8. The van der Waals surface area contributed by atoms with E-state index in [4.69, 9.17) is 4.74 Å². The molecule has 0 bridgehead atoms. The fraction of sp³-hybridized carbons (Fsp3) is 0.500. The van der Waals surface area contributed by atoms with Gasteiger partial charge in [0.2, 0.25) is 11.8 Å². The molecule has 2 aromatic heterocycles. The zero-order valence-corrected chi connectivity index (χ0v) is 19.3. The number of aryl methyl sites for hydroxylation is 2. The number of hydrogen-bond acceptors (Lipinski definition) is 5. The number of imidazole rings is 1. The van der Waals surface area contributed by atoms with Crippen molar-refractivity contribution >= 4 is 16.9 Å². The molecule has 174 valence electrons. The van der Waals surface area contributed by atoms with Gasteiger partial charge in [-0.15, -0.1) is 0 Å². The predicted octanol–water partition coefficient (Wildman–Crippen LogP) is 1.52. The summed E-state index contributed by atoms with van der Waals surface area (Å²) in [5.74, 6) is 1.40. The lowest BCUT2D eigenvalue weighted by atomic mass is 9.90. The minimum Gasteiger partial charge on any atom is -0.471 e. The number of nitrogens with zero attached hydrogens (tertiary/aromatic N) is 5. The Labute approximate surface area is 191 Å². The Morgan fingerprint density at radius 3 is 2.73 bits per heavy atom. The summed E-state index contributed by atoms with van der Waals surface area (Å²) in [6.45, 7) is 3.80. The normalized spacial score (nSPS) is 20.2. The quantitative estimate of drug-likeness (QED) is 0.602. The van der Waals surface area contributed by atoms with Crippen LogP contribution in [0.25, 0.3) is 11.0 Å². The van der Waals surface area contributed by atoms with Crippen molar-refractivity contribution in [2.45, 2.75) is 51.2 Å². The van der Waals surface area contributed by atoms with E-state index in [1.54, 1.807) is 7.05 Å². The summed E-state index contributed by atoms with van der Waals surface area (Å²) < 4.78 is 10.9. The number of benzene rings is 1. The van der Waals surface area contributed by atoms with Crippen LogP contribution in [-0.4, -0.2) is 48.2 Å². The van der Waals surface area contributed by atoms with Crippen molar-refractivity contribution in [1.29, 1.82) is 0 Å². The maximum atomic E-state index is 13.1. The van der Waals surface area contributed by atoms with Crippen molar-refractivity contribution in [3.8, 4) is 5.88 Å². The molecule has 1 aromatic carbocycles. The topological polar surface area (TPSA) is 91.4 Å². The van der Waals surface area contributed by atoms with Crippen molar-refractivity contribution < 1.29 is 9.53 Å². The SMILES string of the molecule is Cc1nc2ccccc2n1CCC(=O)N1CCC[C@@]2(CC1)Cc1c(n(C)c(=O)n(C)c1=O)O2. The summed E-state index contributed by atoms with van der Waals surface area (Å²) >= 11 is 0. The van der Waals surface area contributed by atoms with Gasteiger partial charge >= 0.3 is 5.69 Å². The number of likely N-dealkylation sites (tertiary alicyclic amines) is 1. The molecule has 1 saturated heterocycles. The zero-order valence-electron chi connectivity index (χ0n) is 19.3. The van der Waals surface area contributed by atoms with Crippen molar-refractivity contribution in [3.05, 3.63) is 56.5 Å². The van der Waals surface area contributed by atoms with Crippen LogP contribution in [-0.2, 0) is 31.9 Å². The summed E-state index contributed by atoms with van der Waals surface area (Å²) in [5, 5.41) is 0. The van der Waals surface area contributed by atoms with E-state index < -0.39 is 5.60 Å². The molecule has 0 aliphatic carbocycles. The van der Waals surface area contributed by atoms with Crippen LogP contribution in [0.2, 0.25) is 0 Å². The van der Waals surface area contributed by atoms with Gasteiger partial charge in [-0.1, -0.05) is 12.1 Å². The first-order valence-corrected chi connectivity index (χ1v) is 11.5. The maximum absolute atomic E-state index is 13.1. The molecule has 1 atom stereocenters. The smallest absolute Gasteiger partial charge is 0.333 e. The van der Waals surface area contributed by atoms with E-state index in [0.717, 1.165) is 34.3 Å². The lowest BCUT2D eigenvalue weighted by molar-refractivity contribution is -0.131. The van der Waals surface area contributed by atoms with E-state index in [1.807, 2.05) is 36.1 Å². The van der Waals surface area contributed by atoms with E-state index >= 15 is 0 Å². The van der Waals surface area contributed by atoms with E-state index in [9.17, 15) is 14.4 Å². The number of carbonyl (C=O) groups excluding carboxylic acids is 1. The number of amides is 1. The van der Waals surface area contributed by atoms with Crippen LogP contribution in [0.3, 0.4) is 0 Å². The van der Waals surface area contributed by atoms with Crippen LogP contribution in [0.1, 0.15) is 37.1 Å². The van der Waals surface area contributed by atoms with Crippen LogP contribution in [0.4, 0.5) is 0 Å². The molecule has 3 aromatic rings. The molecular formula is C24H29N5O4. The second kappa shape index (κ2) is 7.90. The molecule has 9 nitrogen and oxygen atoms in total. The Morgan fingerprint density at radius 2 is 1.91 bits per heavy atom. The number of hydrogen-bond donors (Lipinski definition) is 0. The Balaban J connectivity index is 1.28. The van der Waals surface area contributed by atoms with Crippen LogP contribution in [0, 0.1) is 6.92 Å². The highest BCUT2D eigenvalue weighted by molar-refractivity contribution is 5.78. The molecular weight excluding hydrogens is 422 g/mol. The minimum atomic E-state index is -0.536. The molecule has 2 aliphatic heterocycles. The molecule has 0 saturated carbocycles. The highest BCUT2D eigenvalue weighted by Crippen LogP contribution is 2.38. The second-order valence-electron chi connectivity index (χ2n) is 9.24. The van der Waals surface area contributed by atoms with Gasteiger partial charge in [0.25, 0.3) is 5.56 Å². The molecule has 1 amide bonds. The molecule has 0 unspecified atom stereocenters. The van der Waals surface area contributed by atoms with Crippen LogP contribution >= 0.6 is 0 Å². The van der Waals surface area contributed by atoms with Crippen molar-refractivity contribution in [2.75, 3.05) is 13.1 Å². The Bertz CT molecular complexity index is 1370. The van der Waals surface area contributed by atoms with Gasteiger partial charge in [0, 0.05) is 53.0 Å². The number of rotatable bonds is 3. The van der Waals surface area contributed by atoms with Crippen LogP contribution in [0.5, 0.6) is 5.88 Å². The third-order valence-corrected chi connectivity index (χ3v) is 7.16. The predicted molar refractivity (Wildman–Crippen MR) is 124 cm³/mol. The summed E-state index contributed by atoms with van der Waals surface area (Å²) in [4.78, 5) is 44.5. The third-order valence-electron chi connectivity index (χ3n) is 7.16. The third kappa shape index (κ3) is 3.55. The van der Waals surface area contributed by atoms with Crippen LogP contribution in [0.15, 0.2) is 33.9 Å². The van der Waals surface area contributed by atoms with Gasteiger partial charge in [-0.3, -0.25) is 18.7 Å².